The Kier molecular flexibility index (Phi) is 4.81. The molecule has 2 bridgehead atoms. The Morgan fingerprint density at radius 1 is 0.700 bits per heavy atom. The summed E-state index contributed by atoms with van der Waals surface area (Å²) in [5.74, 6) is -1.59. The first-order valence-corrected chi connectivity index (χ1v) is 13.8. The standard InChI is InChI=1S/C36H26N2O2/c1-22-17-19-24(20-18-22)37-21-36-28-14-6-4-12-26(28)31(27-13-5-7-15-29(27)36)32-33(36)35(40)38(34(32)39)30-16-8-10-23-9-2-3-11-25(23)30/h2-21,31-33H,1H3/t31?,32-,33+,36?/m0/s1. The predicted octanol–water partition coefficient (Wildman–Crippen LogP) is 7.10. The van der Waals surface area contributed by atoms with E-state index in [4.69, 9.17) is 4.99 Å². The van der Waals surface area contributed by atoms with Gasteiger partial charge in [-0.2, -0.15) is 0 Å². The highest BCUT2D eigenvalue weighted by atomic mass is 16.2. The van der Waals surface area contributed by atoms with Crippen LogP contribution in [0.1, 0.15) is 33.7 Å². The Bertz CT molecular complexity index is 1830. The zero-order valence-electron chi connectivity index (χ0n) is 22.0. The summed E-state index contributed by atoms with van der Waals surface area (Å²) in [5, 5.41) is 1.90. The third kappa shape index (κ3) is 2.93. The van der Waals surface area contributed by atoms with Gasteiger partial charge in [0.2, 0.25) is 11.8 Å². The molecule has 0 N–H and O–H groups in total. The molecule has 1 saturated heterocycles. The summed E-state index contributed by atoms with van der Waals surface area (Å²) < 4.78 is 0. The lowest BCUT2D eigenvalue weighted by molar-refractivity contribution is -0.122. The maximum atomic E-state index is 14.7. The van der Waals surface area contributed by atoms with E-state index >= 15 is 0 Å². The van der Waals surface area contributed by atoms with Crippen LogP contribution in [0.3, 0.4) is 0 Å². The van der Waals surface area contributed by atoms with Crippen LogP contribution < -0.4 is 4.90 Å². The first kappa shape index (κ1) is 23.1. The molecule has 1 aliphatic heterocycles. The lowest BCUT2D eigenvalue weighted by Gasteiger charge is -2.52. The molecule has 3 aliphatic carbocycles. The zero-order valence-corrected chi connectivity index (χ0v) is 22.0. The maximum absolute atomic E-state index is 14.7. The van der Waals surface area contributed by atoms with Gasteiger partial charge >= 0.3 is 0 Å². The number of amides is 2. The lowest BCUT2D eigenvalue weighted by Crippen LogP contribution is -2.54. The Balaban J connectivity index is 1.40. The molecule has 1 heterocycles. The molecule has 40 heavy (non-hydrogen) atoms. The molecule has 4 nitrogen and oxygen atoms in total. The van der Waals surface area contributed by atoms with Crippen LogP contribution >= 0.6 is 0 Å². The van der Waals surface area contributed by atoms with E-state index in [1.807, 2.05) is 97.2 Å². The lowest BCUT2D eigenvalue weighted by atomic mass is 9.47. The van der Waals surface area contributed by atoms with Gasteiger partial charge in [-0.1, -0.05) is 103 Å². The van der Waals surface area contributed by atoms with Gasteiger partial charge in [-0.3, -0.25) is 14.6 Å². The Morgan fingerprint density at radius 3 is 2.05 bits per heavy atom. The molecule has 0 spiro atoms. The molecule has 0 saturated carbocycles. The van der Waals surface area contributed by atoms with E-state index in [9.17, 15) is 9.59 Å². The average Bonchev–Trinajstić information content (AvgIpc) is 3.27. The number of benzene rings is 5. The molecule has 0 aromatic heterocycles. The van der Waals surface area contributed by atoms with Gasteiger partial charge < -0.3 is 0 Å². The van der Waals surface area contributed by atoms with Crippen LogP contribution in [0.5, 0.6) is 0 Å². The monoisotopic (exact) mass is 518 g/mol. The van der Waals surface area contributed by atoms with Gasteiger partial charge in [-0.25, -0.2) is 4.90 Å². The number of carbonyl (C=O) groups is 2. The molecule has 9 rings (SSSR count). The number of rotatable bonds is 3. The Morgan fingerprint density at radius 2 is 1.32 bits per heavy atom. The number of imide groups is 1. The molecule has 5 aromatic carbocycles. The number of hydrogen-bond donors (Lipinski definition) is 0. The van der Waals surface area contributed by atoms with E-state index in [1.54, 1.807) is 0 Å². The fraction of sp³-hybridized carbons (Fsp3) is 0.139. The third-order valence-corrected chi connectivity index (χ3v) is 9.14. The molecule has 0 unspecified atom stereocenters. The molecular formula is C36H26N2O2. The minimum Gasteiger partial charge on any atom is -0.274 e. The van der Waals surface area contributed by atoms with Crippen molar-refractivity contribution in [3.63, 3.8) is 0 Å². The van der Waals surface area contributed by atoms with Crippen LogP contribution in [-0.4, -0.2) is 18.0 Å². The molecule has 0 radical (unpaired) electrons. The minimum absolute atomic E-state index is 0.131. The van der Waals surface area contributed by atoms with Crippen LogP contribution in [0.2, 0.25) is 0 Å². The second-order valence-electron chi connectivity index (χ2n) is 11.1. The molecule has 2 amide bonds. The number of carbonyl (C=O) groups excluding carboxylic acids is 2. The average molecular weight is 519 g/mol. The fourth-order valence-corrected chi connectivity index (χ4v) is 7.50. The number of fused-ring (bicyclic) bond motifs is 1. The zero-order chi connectivity index (χ0) is 27.0. The summed E-state index contributed by atoms with van der Waals surface area (Å²) in [4.78, 5) is 35.7. The van der Waals surface area contributed by atoms with Crippen molar-refractivity contribution >= 4 is 40.2 Å². The van der Waals surface area contributed by atoms with E-state index in [2.05, 4.69) is 31.2 Å². The molecule has 1 fully saturated rings. The van der Waals surface area contributed by atoms with Crippen molar-refractivity contribution in [3.8, 4) is 0 Å². The molecular weight excluding hydrogens is 492 g/mol. The predicted molar refractivity (Wildman–Crippen MR) is 158 cm³/mol. The summed E-state index contributed by atoms with van der Waals surface area (Å²) in [5.41, 5.74) is 6.12. The number of aliphatic imine (C=N–C) groups is 1. The summed E-state index contributed by atoms with van der Waals surface area (Å²) in [6.45, 7) is 2.05. The van der Waals surface area contributed by atoms with Crippen molar-refractivity contribution in [2.45, 2.75) is 18.3 Å². The van der Waals surface area contributed by atoms with Crippen molar-refractivity contribution in [2.75, 3.05) is 4.90 Å². The molecule has 4 aliphatic rings. The largest absolute Gasteiger partial charge is 0.274 e. The summed E-state index contributed by atoms with van der Waals surface area (Å²) in [6, 6.07) is 38.5. The van der Waals surface area contributed by atoms with E-state index < -0.39 is 17.3 Å². The van der Waals surface area contributed by atoms with E-state index in [0.717, 1.165) is 44.3 Å². The van der Waals surface area contributed by atoms with Gasteiger partial charge in [0.15, 0.2) is 0 Å². The third-order valence-electron chi connectivity index (χ3n) is 9.14. The number of hydrogen-bond acceptors (Lipinski definition) is 3. The van der Waals surface area contributed by atoms with Gasteiger partial charge in [-0.05, 0) is 52.8 Å². The molecule has 5 aromatic rings. The second-order valence-corrected chi connectivity index (χ2v) is 11.1. The first-order chi connectivity index (χ1) is 19.6. The highest BCUT2D eigenvalue weighted by Crippen LogP contribution is 2.64. The van der Waals surface area contributed by atoms with E-state index in [0.29, 0.717) is 5.69 Å². The van der Waals surface area contributed by atoms with Gasteiger partial charge in [0.25, 0.3) is 0 Å². The van der Waals surface area contributed by atoms with Crippen molar-refractivity contribution in [3.05, 3.63) is 143 Å². The summed E-state index contributed by atoms with van der Waals surface area (Å²) >= 11 is 0. The van der Waals surface area contributed by atoms with Gasteiger partial charge in [0, 0.05) is 17.5 Å². The molecule has 2 atom stereocenters. The van der Waals surface area contributed by atoms with Crippen molar-refractivity contribution in [2.24, 2.45) is 16.8 Å². The van der Waals surface area contributed by atoms with Crippen molar-refractivity contribution in [1.29, 1.82) is 0 Å². The Hall–Kier alpha value is -4.83. The van der Waals surface area contributed by atoms with Gasteiger partial charge in [-0.15, -0.1) is 0 Å². The van der Waals surface area contributed by atoms with E-state index in [1.165, 1.54) is 4.90 Å². The summed E-state index contributed by atoms with van der Waals surface area (Å²) in [6.07, 6.45) is 1.96. The van der Waals surface area contributed by atoms with Gasteiger partial charge in [0.1, 0.15) is 0 Å². The number of anilines is 1. The number of nitrogens with zero attached hydrogens (tertiary/aromatic N) is 2. The molecule has 4 heteroatoms. The van der Waals surface area contributed by atoms with Crippen molar-refractivity contribution < 1.29 is 9.59 Å². The summed E-state index contributed by atoms with van der Waals surface area (Å²) in [7, 11) is 0. The smallest absolute Gasteiger partial charge is 0.239 e. The van der Waals surface area contributed by atoms with Crippen LogP contribution in [0.15, 0.2) is 120 Å². The maximum Gasteiger partial charge on any atom is 0.239 e. The topological polar surface area (TPSA) is 49.7 Å². The molecule has 192 valence electrons. The fourth-order valence-electron chi connectivity index (χ4n) is 7.50. The minimum atomic E-state index is -0.871. The van der Waals surface area contributed by atoms with Crippen molar-refractivity contribution in [1.82, 2.24) is 0 Å². The van der Waals surface area contributed by atoms with Crippen LogP contribution in [-0.2, 0) is 15.0 Å². The van der Waals surface area contributed by atoms with Gasteiger partial charge in [0.05, 0.1) is 28.6 Å². The van der Waals surface area contributed by atoms with E-state index in [-0.39, 0.29) is 17.7 Å². The highest BCUT2D eigenvalue weighted by molar-refractivity contribution is 6.27. The SMILES string of the molecule is Cc1ccc(N=CC23c4ccccc4C(c4ccccc42)[C@@H]2C(=O)N(c4cccc5ccccc45)C(=O)[C@@H]23)cc1. The number of aryl methyl sites for hydroxylation is 1. The van der Waals surface area contributed by atoms with Crippen LogP contribution in [0.4, 0.5) is 11.4 Å². The highest BCUT2D eigenvalue weighted by Gasteiger charge is 2.68. The normalized spacial score (nSPS) is 24.4. The van der Waals surface area contributed by atoms with Crippen LogP contribution in [0.25, 0.3) is 10.8 Å². The first-order valence-electron chi connectivity index (χ1n) is 13.8. The Labute approximate surface area is 232 Å². The quantitative estimate of drug-likeness (QED) is 0.189. The van der Waals surface area contributed by atoms with Crippen LogP contribution in [0, 0.1) is 18.8 Å². The second kappa shape index (κ2) is 8.33.